The molecule has 0 aliphatic rings. The molecular weight excluding hydrogens is 190 g/mol. The molecule has 0 unspecified atom stereocenters. The molecule has 0 atom stereocenters. The third kappa shape index (κ3) is 1.76. The third-order valence-corrected chi connectivity index (χ3v) is 2.28. The summed E-state index contributed by atoms with van der Waals surface area (Å²) in [6.45, 7) is 2.35. The second-order valence-corrected chi connectivity index (χ2v) is 3.43. The quantitative estimate of drug-likeness (QED) is 0.767. The fraction of sp³-hybridized carbons (Fsp3) is 0.273. The normalized spacial score (nSPS) is 10.8. The molecule has 1 heterocycles. The van der Waals surface area contributed by atoms with Crippen LogP contribution in [0.1, 0.15) is 11.5 Å². The summed E-state index contributed by atoms with van der Waals surface area (Å²) in [7, 11) is 0. The summed E-state index contributed by atoms with van der Waals surface area (Å²) in [6.07, 6.45) is 0.698. The Balaban J connectivity index is 2.74. The Hall–Kier alpha value is -1.68. The number of hydrogen-bond acceptors (Lipinski definition) is 4. The number of hydrogen-bond donors (Lipinski definition) is 2. The average molecular weight is 203 g/mol. The zero-order valence-corrected chi connectivity index (χ0v) is 8.57. The molecule has 15 heavy (non-hydrogen) atoms. The van der Waals surface area contributed by atoms with Crippen LogP contribution in [0.5, 0.6) is 5.75 Å². The van der Waals surface area contributed by atoms with Gasteiger partial charge >= 0.3 is 0 Å². The Kier molecular flexibility index (Phi) is 2.51. The number of fused-ring (bicyclic) bond motifs is 1. The molecule has 0 bridgehead atoms. The van der Waals surface area contributed by atoms with E-state index >= 15 is 0 Å². The summed E-state index contributed by atoms with van der Waals surface area (Å²) < 4.78 is 0. The molecule has 3 N–H and O–H groups in total. The SMILES string of the molecule is Cc1nc(CCN)c2cccc(O)c2n1. The molecule has 0 amide bonds. The van der Waals surface area contributed by atoms with Crippen LogP contribution >= 0.6 is 0 Å². The summed E-state index contributed by atoms with van der Waals surface area (Å²) in [4.78, 5) is 8.55. The Labute approximate surface area is 87.8 Å². The minimum atomic E-state index is 0.191. The van der Waals surface area contributed by atoms with Crippen LogP contribution in [0.25, 0.3) is 10.9 Å². The minimum Gasteiger partial charge on any atom is -0.506 e. The van der Waals surface area contributed by atoms with Gasteiger partial charge in [0.05, 0.1) is 5.69 Å². The molecule has 0 fully saturated rings. The molecule has 1 aromatic carbocycles. The monoisotopic (exact) mass is 203 g/mol. The molecule has 4 heteroatoms. The van der Waals surface area contributed by atoms with Gasteiger partial charge < -0.3 is 10.8 Å². The Morgan fingerprint density at radius 3 is 2.87 bits per heavy atom. The van der Waals surface area contributed by atoms with Gasteiger partial charge in [-0.05, 0) is 19.5 Å². The van der Waals surface area contributed by atoms with Gasteiger partial charge in [0.1, 0.15) is 17.1 Å². The number of phenolic OH excluding ortho intramolecular Hbond substituents is 1. The van der Waals surface area contributed by atoms with Gasteiger partial charge in [0.15, 0.2) is 0 Å². The molecule has 0 aliphatic heterocycles. The number of aromatic hydroxyl groups is 1. The van der Waals surface area contributed by atoms with E-state index in [0.29, 0.717) is 24.3 Å². The molecule has 0 saturated carbocycles. The van der Waals surface area contributed by atoms with Crippen LogP contribution in [0, 0.1) is 6.92 Å². The second-order valence-electron chi connectivity index (χ2n) is 3.43. The summed E-state index contributed by atoms with van der Waals surface area (Å²) >= 11 is 0. The van der Waals surface area contributed by atoms with Crippen LogP contribution in [-0.4, -0.2) is 21.6 Å². The van der Waals surface area contributed by atoms with Gasteiger partial charge in [-0.25, -0.2) is 9.97 Å². The predicted molar refractivity (Wildman–Crippen MR) is 58.7 cm³/mol. The van der Waals surface area contributed by atoms with E-state index in [9.17, 15) is 5.11 Å². The highest BCUT2D eigenvalue weighted by atomic mass is 16.3. The maximum atomic E-state index is 9.67. The number of para-hydroxylation sites is 1. The molecular formula is C11H13N3O. The van der Waals surface area contributed by atoms with Crippen molar-refractivity contribution in [2.75, 3.05) is 6.54 Å². The van der Waals surface area contributed by atoms with Gasteiger partial charge in [-0.3, -0.25) is 0 Å². The molecule has 0 spiro atoms. The van der Waals surface area contributed by atoms with Gasteiger partial charge in [0.25, 0.3) is 0 Å². The number of aromatic nitrogens is 2. The van der Waals surface area contributed by atoms with Crippen molar-refractivity contribution in [2.24, 2.45) is 5.73 Å². The Morgan fingerprint density at radius 1 is 1.33 bits per heavy atom. The van der Waals surface area contributed by atoms with Crippen LogP contribution in [0.2, 0.25) is 0 Å². The number of nitrogens with zero attached hydrogens (tertiary/aromatic N) is 2. The lowest BCUT2D eigenvalue weighted by atomic mass is 10.1. The molecule has 4 nitrogen and oxygen atoms in total. The van der Waals surface area contributed by atoms with E-state index in [1.807, 2.05) is 13.0 Å². The van der Waals surface area contributed by atoms with E-state index in [1.165, 1.54) is 0 Å². The van der Waals surface area contributed by atoms with Crippen LogP contribution in [0.4, 0.5) is 0 Å². The first-order valence-electron chi connectivity index (χ1n) is 4.87. The van der Waals surface area contributed by atoms with E-state index in [2.05, 4.69) is 9.97 Å². The molecule has 78 valence electrons. The predicted octanol–water partition coefficient (Wildman–Crippen LogP) is 1.15. The number of phenols is 1. The van der Waals surface area contributed by atoms with E-state index in [0.717, 1.165) is 11.1 Å². The Morgan fingerprint density at radius 2 is 2.13 bits per heavy atom. The standard InChI is InChI=1S/C11H13N3O/c1-7-13-9(5-6-12)8-3-2-4-10(15)11(8)14-7/h2-4,15H,5-6,12H2,1H3. The van der Waals surface area contributed by atoms with E-state index in [1.54, 1.807) is 12.1 Å². The van der Waals surface area contributed by atoms with Crippen LogP contribution < -0.4 is 5.73 Å². The first kappa shape index (κ1) is 9.86. The molecule has 0 radical (unpaired) electrons. The van der Waals surface area contributed by atoms with Gasteiger partial charge in [-0.2, -0.15) is 0 Å². The minimum absolute atomic E-state index is 0.191. The Bertz CT molecular complexity index is 496. The fourth-order valence-corrected chi connectivity index (χ4v) is 1.65. The second kappa shape index (κ2) is 3.82. The van der Waals surface area contributed by atoms with E-state index in [-0.39, 0.29) is 5.75 Å². The summed E-state index contributed by atoms with van der Waals surface area (Å²) in [6, 6.07) is 5.32. The van der Waals surface area contributed by atoms with Crippen LogP contribution in [0.3, 0.4) is 0 Å². The van der Waals surface area contributed by atoms with E-state index < -0.39 is 0 Å². The fourth-order valence-electron chi connectivity index (χ4n) is 1.65. The summed E-state index contributed by atoms with van der Waals surface area (Å²) in [5.41, 5.74) is 7.02. The molecule has 0 saturated heterocycles. The molecule has 1 aromatic heterocycles. The van der Waals surface area contributed by atoms with Crippen molar-refractivity contribution < 1.29 is 5.11 Å². The lowest BCUT2D eigenvalue weighted by molar-refractivity contribution is 0.480. The first-order valence-corrected chi connectivity index (χ1v) is 4.87. The summed E-state index contributed by atoms with van der Waals surface area (Å²) in [5.74, 6) is 0.851. The van der Waals surface area contributed by atoms with Gasteiger partial charge in [0.2, 0.25) is 0 Å². The van der Waals surface area contributed by atoms with Crippen molar-refractivity contribution in [2.45, 2.75) is 13.3 Å². The number of nitrogens with two attached hydrogens (primary N) is 1. The topological polar surface area (TPSA) is 72.0 Å². The van der Waals surface area contributed by atoms with E-state index in [4.69, 9.17) is 5.73 Å². The summed E-state index contributed by atoms with van der Waals surface area (Å²) in [5, 5.41) is 10.5. The maximum Gasteiger partial charge on any atom is 0.141 e. The zero-order chi connectivity index (χ0) is 10.8. The number of benzene rings is 1. The largest absolute Gasteiger partial charge is 0.506 e. The van der Waals surface area contributed by atoms with Crippen molar-refractivity contribution in [3.05, 3.63) is 29.7 Å². The zero-order valence-electron chi connectivity index (χ0n) is 8.57. The van der Waals surface area contributed by atoms with Crippen molar-refractivity contribution in [1.29, 1.82) is 0 Å². The van der Waals surface area contributed by atoms with Crippen molar-refractivity contribution in [3.63, 3.8) is 0 Å². The molecule has 2 aromatic rings. The highest BCUT2D eigenvalue weighted by Crippen LogP contribution is 2.24. The van der Waals surface area contributed by atoms with Crippen molar-refractivity contribution in [3.8, 4) is 5.75 Å². The first-order chi connectivity index (χ1) is 7.22. The number of rotatable bonds is 2. The van der Waals surface area contributed by atoms with Crippen LogP contribution in [-0.2, 0) is 6.42 Å². The molecule has 2 rings (SSSR count). The highest BCUT2D eigenvalue weighted by molar-refractivity contribution is 5.86. The van der Waals surface area contributed by atoms with Gasteiger partial charge in [-0.1, -0.05) is 12.1 Å². The van der Waals surface area contributed by atoms with Gasteiger partial charge in [0, 0.05) is 11.8 Å². The lowest BCUT2D eigenvalue weighted by Gasteiger charge is -2.06. The maximum absolute atomic E-state index is 9.67. The number of aryl methyl sites for hydroxylation is 1. The van der Waals surface area contributed by atoms with Crippen LogP contribution in [0.15, 0.2) is 18.2 Å². The smallest absolute Gasteiger partial charge is 0.141 e. The van der Waals surface area contributed by atoms with Gasteiger partial charge in [-0.15, -0.1) is 0 Å². The molecule has 0 aliphatic carbocycles. The lowest BCUT2D eigenvalue weighted by Crippen LogP contribution is -2.06. The third-order valence-electron chi connectivity index (χ3n) is 2.28. The highest BCUT2D eigenvalue weighted by Gasteiger charge is 2.07. The van der Waals surface area contributed by atoms with Crippen molar-refractivity contribution >= 4 is 10.9 Å². The van der Waals surface area contributed by atoms with Crippen molar-refractivity contribution in [1.82, 2.24) is 9.97 Å². The average Bonchev–Trinajstić information content (AvgIpc) is 2.20.